The molecule has 158 valence electrons. The van der Waals surface area contributed by atoms with Gasteiger partial charge in [0, 0.05) is 28.0 Å². The van der Waals surface area contributed by atoms with E-state index in [0.717, 1.165) is 8.45 Å². The number of rotatable bonds is 7. The molecule has 0 amide bonds. The maximum absolute atomic E-state index is 13.3. The quantitative estimate of drug-likeness (QED) is 0.267. The Morgan fingerprint density at radius 2 is 1.87 bits per heavy atom. The van der Waals surface area contributed by atoms with Gasteiger partial charge in [0.05, 0.1) is 10.4 Å². The minimum atomic E-state index is -3.98. The third-order valence-electron chi connectivity index (χ3n) is 4.49. The predicted molar refractivity (Wildman–Crippen MR) is 115 cm³/mol. The average Bonchev–Trinajstić information content (AvgIpc) is 3.07. The molecule has 0 N–H and O–H groups in total. The monoisotopic (exact) mass is 493 g/mol. The van der Waals surface area contributed by atoms with Crippen molar-refractivity contribution >= 4 is 48.6 Å². The number of carbonyl (C=O) groups excluding carboxylic acids is 2. The van der Waals surface area contributed by atoms with Gasteiger partial charge >= 0.3 is 5.97 Å². The van der Waals surface area contributed by atoms with E-state index in [2.05, 4.69) is 15.9 Å². The van der Waals surface area contributed by atoms with E-state index in [1.54, 1.807) is 25.1 Å². The van der Waals surface area contributed by atoms with Gasteiger partial charge in [0.2, 0.25) is 0 Å². The summed E-state index contributed by atoms with van der Waals surface area (Å²) >= 11 is 3.35. The lowest BCUT2D eigenvalue weighted by Gasteiger charge is -2.11. The van der Waals surface area contributed by atoms with E-state index in [9.17, 15) is 18.0 Å². The van der Waals surface area contributed by atoms with Crippen molar-refractivity contribution in [3.8, 4) is 5.75 Å². The van der Waals surface area contributed by atoms with Gasteiger partial charge < -0.3 is 0 Å². The number of Topliss-reactive ketones (excluding diaryl/α,β-unsaturated/α-hetero) is 1. The fourth-order valence-corrected chi connectivity index (χ4v) is 4.79. The number of benzene rings is 2. The summed E-state index contributed by atoms with van der Waals surface area (Å²) in [5, 5.41) is 0.542. The van der Waals surface area contributed by atoms with E-state index in [-0.39, 0.29) is 22.8 Å². The van der Waals surface area contributed by atoms with Crippen LogP contribution in [0.3, 0.4) is 0 Å². The number of aromatic nitrogens is 1. The van der Waals surface area contributed by atoms with Crippen LogP contribution in [0.25, 0.3) is 10.9 Å². The molecule has 30 heavy (non-hydrogen) atoms. The maximum Gasteiger partial charge on any atom is 0.355 e. The standard InChI is InChI=1S/C21H20BrNO6S/c1-4-5-21(25)29-28-20-9-7-16(10-13(20)2)30(26,27)23-12-18(14(3)24)17-11-15(22)6-8-19(17)23/h6-12H,4-5H2,1-3H3. The zero-order chi connectivity index (χ0) is 22.1. The number of carbonyl (C=O) groups is 2. The van der Waals surface area contributed by atoms with Crippen molar-refractivity contribution in [3.05, 3.63) is 58.2 Å². The van der Waals surface area contributed by atoms with Crippen LogP contribution in [-0.4, -0.2) is 24.1 Å². The van der Waals surface area contributed by atoms with E-state index >= 15 is 0 Å². The zero-order valence-corrected chi connectivity index (χ0v) is 19.0. The molecule has 2 aromatic carbocycles. The first-order chi connectivity index (χ1) is 14.1. The van der Waals surface area contributed by atoms with Crippen molar-refractivity contribution in [3.63, 3.8) is 0 Å². The molecule has 0 saturated heterocycles. The number of aryl methyl sites for hydroxylation is 1. The van der Waals surface area contributed by atoms with Crippen LogP contribution < -0.4 is 4.89 Å². The molecule has 3 aromatic rings. The largest absolute Gasteiger partial charge is 0.355 e. The normalized spacial score (nSPS) is 11.5. The Morgan fingerprint density at radius 1 is 1.13 bits per heavy atom. The first-order valence-electron chi connectivity index (χ1n) is 9.20. The molecule has 0 atom stereocenters. The summed E-state index contributed by atoms with van der Waals surface area (Å²) in [5.74, 6) is -0.500. The summed E-state index contributed by atoms with van der Waals surface area (Å²) < 4.78 is 28.4. The molecule has 0 bridgehead atoms. The highest BCUT2D eigenvalue weighted by molar-refractivity contribution is 9.10. The van der Waals surface area contributed by atoms with Crippen LogP contribution in [0.2, 0.25) is 0 Å². The molecule has 0 unspecified atom stereocenters. The molecule has 0 fully saturated rings. The van der Waals surface area contributed by atoms with Crippen molar-refractivity contribution in [1.29, 1.82) is 0 Å². The number of hydrogen-bond donors (Lipinski definition) is 0. The third kappa shape index (κ3) is 4.27. The summed E-state index contributed by atoms with van der Waals surface area (Å²) in [4.78, 5) is 33.3. The average molecular weight is 494 g/mol. The Labute approximate surface area is 182 Å². The van der Waals surface area contributed by atoms with Gasteiger partial charge in [0.25, 0.3) is 10.0 Å². The lowest BCUT2D eigenvalue weighted by molar-refractivity contribution is -0.214. The van der Waals surface area contributed by atoms with Crippen LogP contribution >= 0.6 is 15.9 Å². The van der Waals surface area contributed by atoms with E-state index in [4.69, 9.17) is 9.78 Å². The molecule has 0 spiro atoms. The lowest BCUT2D eigenvalue weighted by Crippen LogP contribution is -2.13. The molecule has 0 aliphatic heterocycles. The summed E-state index contributed by atoms with van der Waals surface area (Å²) in [6.07, 6.45) is 2.18. The summed E-state index contributed by atoms with van der Waals surface area (Å²) in [6.45, 7) is 4.88. The number of halogens is 1. The highest BCUT2D eigenvalue weighted by atomic mass is 79.9. The smallest absolute Gasteiger partial charge is 0.294 e. The summed E-state index contributed by atoms with van der Waals surface area (Å²) in [6, 6.07) is 9.28. The predicted octanol–water partition coefficient (Wildman–Crippen LogP) is 4.79. The van der Waals surface area contributed by atoms with E-state index in [1.807, 2.05) is 6.92 Å². The second kappa shape index (κ2) is 8.61. The molecule has 0 radical (unpaired) electrons. The Hall–Kier alpha value is -2.65. The van der Waals surface area contributed by atoms with E-state index in [0.29, 0.717) is 28.5 Å². The van der Waals surface area contributed by atoms with Gasteiger partial charge in [-0.05, 0) is 62.2 Å². The number of fused-ring (bicyclic) bond motifs is 1. The van der Waals surface area contributed by atoms with Gasteiger partial charge in [-0.3, -0.25) is 14.6 Å². The number of ketones is 1. The minimum absolute atomic E-state index is 0.0159. The minimum Gasteiger partial charge on any atom is -0.294 e. The topological polar surface area (TPSA) is 91.7 Å². The van der Waals surface area contributed by atoms with Gasteiger partial charge in [-0.2, -0.15) is 0 Å². The van der Waals surface area contributed by atoms with Crippen LogP contribution in [0.15, 0.2) is 52.0 Å². The van der Waals surface area contributed by atoms with Gasteiger partial charge in [-0.25, -0.2) is 17.2 Å². The van der Waals surface area contributed by atoms with Gasteiger partial charge in [-0.15, -0.1) is 0 Å². The first kappa shape index (κ1) is 22.0. The van der Waals surface area contributed by atoms with Gasteiger partial charge in [0.15, 0.2) is 11.5 Å². The molecule has 0 aliphatic carbocycles. The highest BCUT2D eigenvalue weighted by Crippen LogP contribution is 2.30. The van der Waals surface area contributed by atoms with Crippen LogP contribution in [0.5, 0.6) is 5.75 Å². The second-order valence-electron chi connectivity index (χ2n) is 6.78. The van der Waals surface area contributed by atoms with E-state index in [1.165, 1.54) is 31.3 Å². The molecule has 9 heteroatoms. The zero-order valence-electron chi connectivity index (χ0n) is 16.6. The van der Waals surface area contributed by atoms with Crippen LogP contribution in [0.1, 0.15) is 42.6 Å². The third-order valence-corrected chi connectivity index (χ3v) is 6.66. The van der Waals surface area contributed by atoms with Gasteiger partial charge in [-0.1, -0.05) is 22.9 Å². The molecule has 3 rings (SSSR count). The van der Waals surface area contributed by atoms with Crippen molar-refractivity contribution in [2.24, 2.45) is 0 Å². The number of nitrogens with zero attached hydrogens (tertiary/aromatic N) is 1. The van der Waals surface area contributed by atoms with Gasteiger partial charge in [0.1, 0.15) is 0 Å². The Morgan fingerprint density at radius 3 is 2.50 bits per heavy atom. The molecule has 7 nitrogen and oxygen atoms in total. The van der Waals surface area contributed by atoms with Crippen LogP contribution in [0.4, 0.5) is 0 Å². The highest BCUT2D eigenvalue weighted by Gasteiger charge is 2.23. The van der Waals surface area contributed by atoms with Crippen molar-refractivity contribution < 1.29 is 27.8 Å². The Kier molecular flexibility index (Phi) is 6.33. The molecule has 1 heterocycles. The Bertz CT molecular complexity index is 1250. The SMILES string of the molecule is CCCC(=O)OOc1ccc(S(=O)(=O)n2cc(C(C)=O)c3cc(Br)ccc32)cc1C. The lowest BCUT2D eigenvalue weighted by atomic mass is 10.1. The Balaban J connectivity index is 2.01. The second-order valence-corrected chi connectivity index (χ2v) is 9.51. The molecule has 0 aliphatic rings. The fraction of sp³-hybridized carbons (Fsp3) is 0.238. The van der Waals surface area contributed by atoms with E-state index < -0.39 is 16.0 Å². The number of hydrogen-bond acceptors (Lipinski definition) is 6. The van der Waals surface area contributed by atoms with Crippen molar-refractivity contribution in [2.45, 2.75) is 38.5 Å². The molecular weight excluding hydrogens is 474 g/mol. The summed E-state index contributed by atoms with van der Waals surface area (Å²) in [7, 11) is -3.98. The molecule has 0 saturated carbocycles. The van der Waals surface area contributed by atoms with Crippen molar-refractivity contribution in [1.82, 2.24) is 3.97 Å². The molecular formula is C21H20BrNO6S. The first-order valence-corrected chi connectivity index (χ1v) is 11.4. The fourth-order valence-electron chi connectivity index (χ4n) is 2.98. The molecule has 1 aromatic heterocycles. The maximum atomic E-state index is 13.3. The van der Waals surface area contributed by atoms with Crippen LogP contribution in [0, 0.1) is 6.92 Å². The van der Waals surface area contributed by atoms with Crippen molar-refractivity contribution in [2.75, 3.05) is 0 Å². The summed E-state index contributed by atoms with van der Waals surface area (Å²) in [5.41, 5.74) is 1.19. The van der Waals surface area contributed by atoms with Crippen LogP contribution in [-0.2, 0) is 19.7 Å².